The van der Waals surface area contributed by atoms with Crippen molar-refractivity contribution in [3.05, 3.63) is 17.7 Å². The highest BCUT2D eigenvalue weighted by molar-refractivity contribution is 5.91. The SMILES string of the molecule is CC(=O)NOc1cc(C)cc2c(N)noc12. The number of nitrogens with two attached hydrogens (primary N) is 1. The van der Waals surface area contributed by atoms with Gasteiger partial charge in [-0.15, -0.1) is 0 Å². The molecule has 0 saturated heterocycles. The number of anilines is 1. The van der Waals surface area contributed by atoms with Crippen molar-refractivity contribution in [1.82, 2.24) is 10.6 Å². The molecule has 0 radical (unpaired) electrons. The molecule has 2 aromatic rings. The zero-order chi connectivity index (χ0) is 11.7. The number of hydroxylamine groups is 1. The zero-order valence-corrected chi connectivity index (χ0v) is 8.90. The molecule has 1 aromatic heterocycles. The van der Waals surface area contributed by atoms with E-state index in [9.17, 15) is 4.79 Å². The van der Waals surface area contributed by atoms with E-state index in [2.05, 4.69) is 10.6 Å². The molecule has 0 aliphatic rings. The summed E-state index contributed by atoms with van der Waals surface area (Å²) in [6.45, 7) is 3.23. The molecule has 0 spiro atoms. The smallest absolute Gasteiger partial charge is 0.249 e. The van der Waals surface area contributed by atoms with Crippen molar-refractivity contribution in [3.63, 3.8) is 0 Å². The Morgan fingerprint density at radius 1 is 1.56 bits per heavy atom. The molecule has 1 amide bonds. The highest BCUT2D eigenvalue weighted by Gasteiger charge is 2.12. The van der Waals surface area contributed by atoms with Gasteiger partial charge in [0.1, 0.15) is 0 Å². The molecule has 0 bridgehead atoms. The predicted octanol–water partition coefficient (Wildman–Crippen LogP) is 1.15. The lowest BCUT2D eigenvalue weighted by molar-refractivity contribution is -0.125. The van der Waals surface area contributed by atoms with Crippen LogP contribution in [0, 0.1) is 6.92 Å². The average molecular weight is 221 g/mol. The van der Waals surface area contributed by atoms with Crippen molar-refractivity contribution in [2.75, 3.05) is 5.73 Å². The largest absolute Gasteiger partial charge is 0.380 e. The number of carbonyl (C=O) groups is 1. The summed E-state index contributed by atoms with van der Waals surface area (Å²) in [6, 6.07) is 3.56. The van der Waals surface area contributed by atoms with Crippen molar-refractivity contribution >= 4 is 22.7 Å². The first-order valence-corrected chi connectivity index (χ1v) is 4.67. The van der Waals surface area contributed by atoms with Crippen LogP contribution in [0.25, 0.3) is 11.0 Å². The molecule has 0 fully saturated rings. The molecule has 16 heavy (non-hydrogen) atoms. The van der Waals surface area contributed by atoms with E-state index in [-0.39, 0.29) is 5.91 Å². The van der Waals surface area contributed by atoms with E-state index in [1.165, 1.54) is 6.92 Å². The summed E-state index contributed by atoms with van der Waals surface area (Å²) in [5, 5.41) is 4.30. The minimum absolute atomic E-state index is 0.298. The van der Waals surface area contributed by atoms with Crippen LogP contribution in [-0.4, -0.2) is 11.1 Å². The van der Waals surface area contributed by atoms with E-state index < -0.39 is 0 Å². The van der Waals surface area contributed by atoms with Crippen molar-refractivity contribution < 1.29 is 14.2 Å². The molecule has 2 rings (SSSR count). The molecule has 0 aliphatic carbocycles. The standard InChI is InChI=1S/C10H11N3O3/c1-5-3-7-9(16-13-10(7)11)8(4-5)15-12-6(2)14/h3-4H,1-2H3,(H2,11,13)(H,12,14). The Hall–Kier alpha value is -2.24. The zero-order valence-electron chi connectivity index (χ0n) is 8.90. The Bertz CT molecular complexity index is 547. The van der Waals surface area contributed by atoms with Gasteiger partial charge in [0.15, 0.2) is 5.82 Å². The fourth-order valence-electron chi connectivity index (χ4n) is 1.37. The predicted molar refractivity (Wildman–Crippen MR) is 57.6 cm³/mol. The molecule has 0 saturated carbocycles. The van der Waals surface area contributed by atoms with E-state index in [1.54, 1.807) is 6.07 Å². The number of benzene rings is 1. The molecule has 0 unspecified atom stereocenters. The van der Waals surface area contributed by atoms with Gasteiger partial charge in [-0.2, -0.15) is 5.48 Å². The number of hydrogen-bond acceptors (Lipinski definition) is 5. The van der Waals surface area contributed by atoms with Crippen molar-refractivity contribution in [3.8, 4) is 5.75 Å². The summed E-state index contributed by atoms with van der Waals surface area (Å²) in [7, 11) is 0. The Kier molecular flexibility index (Phi) is 2.40. The number of carbonyl (C=O) groups excluding carboxylic acids is 1. The fraction of sp³-hybridized carbons (Fsp3) is 0.200. The molecular weight excluding hydrogens is 210 g/mol. The molecule has 84 valence electrons. The van der Waals surface area contributed by atoms with Gasteiger partial charge in [0.05, 0.1) is 5.39 Å². The summed E-state index contributed by atoms with van der Waals surface area (Å²) in [4.78, 5) is 15.8. The van der Waals surface area contributed by atoms with Crippen LogP contribution in [0.4, 0.5) is 5.82 Å². The van der Waals surface area contributed by atoms with Gasteiger partial charge >= 0.3 is 0 Å². The second-order valence-corrected chi connectivity index (χ2v) is 3.47. The number of nitrogen functional groups attached to an aromatic ring is 1. The molecule has 1 heterocycles. The van der Waals surface area contributed by atoms with Gasteiger partial charge < -0.3 is 15.1 Å². The topological polar surface area (TPSA) is 90.4 Å². The minimum atomic E-state index is -0.304. The van der Waals surface area contributed by atoms with Gasteiger partial charge in [0.2, 0.25) is 17.2 Å². The molecule has 0 atom stereocenters. The first kappa shape index (κ1) is 10.3. The summed E-state index contributed by atoms with van der Waals surface area (Å²) in [5.41, 5.74) is 9.19. The van der Waals surface area contributed by atoms with Crippen molar-refractivity contribution in [2.24, 2.45) is 0 Å². The number of aromatic nitrogens is 1. The Labute approximate surface area is 91.3 Å². The quantitative estimate of drug-likeness (QED) is 0.742. The van der Waals surface area contributed by atoms with Crippen LogP contribution < -0.4 is 16.1 Å². The number of amides is 1. The third kappa shape index (κ3) is 1.77. The molecule has 6 heteroatoms. The van der Waals surface area contributed by atoms with E-state index in [0.29, 0.717) is 22.5 Å². The van der Waals surface area contributed by atoms with E-state index >= 15 is 0 Å². The number of hydrogen-bond donors (Lipinski definition) is 2. The maximum Gasteiger partial charge on any atom is 0.249 e. The Balaban J connectivity index is 2.46. The van der Waals surface area contributed by atoms with Gasteiger partial charge in [0, 0.05) is 6.92 Å². The van der Waals surface area contributed by atoms with Crippen LogP contribution in [0.2, 0.25) is 0 Å². The van der Waals surface area contributed by atoms with Crippen LogP contribution in [0.3, 0.4) is 0 Å². The van der Waals surface area contributed by atoms with E-state index in [4.69, 9.17) is 15.1 Å². The van der Waals surface area contributed by atoms with Crippen LogP contribution in [-0.2, 0) is 4.79 Å². The highest BCUT2D eigenvalue weighted by atomic mass is 16.7. The maximum absolute atomic E-state index is 10.7. The summed E-state index contributed by atoms with van der Waals surface area (Å²) < 4.78 is 5.02. The Morgan fingerprint density at radius 3 is 3.00 bits per heavy atom. The summed E-state index contributed by atoms with van der Waals surface area (Å²) >= 11 is 0. The number of fused-ring (bicyclic) bond motifs is 1. The monoisotopic (exact) mass is 221 g/mol. The summed E-state index contributed by atoms with van der Waals surface area (Å²) in [6.07, 6.45) is 0. The van der Waals surface area contributed by atoms with Gasteiger partial charge in [-0.05, 0) is 24.6 Å². The molecular formula is C10H11N3O3. The highest BCUT2D eigenvalue weighted by Crippen LogP contribution is 2.30. The normalized spacial score (nSPS) is 10.4. The van der Waals surface area contributed by atoms with Crippen LogP contribution >= 0.6 is 0 Å². The molecule has 0 aliphatic heterocycles. The first-order valence-electron chi connectivity index (χ1n) is 4.67. The van der Waals surface area contributed by atoms with Crippen LogP contribution in [0.15, 0.2) is 16.7 Å². The van der Waals surface area contributed by atoms with Gasteiger partial charge in [-0.1, -0.05) is 5.16 Å². The van der Waals surface area contributed by atoms with E-state index in [0.717, 1.165) is 5.56 Å². The number of rotatable bonds is 2. The molecule has 1 aromatic carbocycles. The third-order valence-electron chi connectivity index (χ3n) is 2.02. The maximum atomic E-state index is 10.7. The number of nitrogens with zero attached hydrogens (tertiary/aromatic N) is 1. The van der Waals surface area contributed by atoms with Crippen molar-refractivity contribution in [1.29, 1.82) is 0 Å². The van der Waals surface area contributed by atoms with Crippen molar-refractivity contribution in [2.45, 2.75) is 13.8 Å². The second-order valence-electron chi connectivity index (χ2n) is 3.47. The number of aryl methyl sites for hydroxylation is 1. The van der Waals surface area contributed by atoms with Crippen LogP contribution in [0.5, 0.6) is 5.75 Å². The minimum Gasteiger partial charge on any atom is -0.380 e. The Morgan fingerprint density at radius 2 is 2.31 bits per heavy atom. The lowest BCUT2D eigenvalue weighted by atomic mass is 10.1. The second kappa shape index (κ2) is 3.73. The third-order valence-corrected chi connectivity index (χ3v) is 2.02. The van der Waals surface area contributed by atoms with E-state index in [1.807, 2.05) is 13.0 Å². The molecule has 6 nitrogen and oxygen atoms in total. The van der Waals surface area contributed by atoms with Crippen LogP contribution in [0.1, 0.15) is 12.5 Å². The van der Waals surface area contributed by atoms with Gasteiger partial charge in [-0.3, -0.25) is 4.79 Å². The molecule has 3 N–H and O–H groups in total. The first-order chi connectivity index (χ1) is 7.58. The average Bonchev–Trinajstić information content (AvgIpc) is 2.57. The lowest BCUT2D eigenvalue weighted by Gasteiger charge is -2.05. The van der Waals surface area contributed by atoms with Gasteiger partial charge in [0.25, 0.3) is 0 Å². The van der Waals surface area contributed by atoms with Gasteiger partial charge in [-0.25, -0.2) is 0 Å². The summed E-state index contributed by atoms with van der Waals surface area (Å²) in [5.74, 6) is 0.378. The number of nitrogens with one attached hydrogen (secondary N) is 1. The fourth-order valence-corrected chi connectivity index (χ4v) is 1.37. The lowest BCUT2D eigenvalue weighted by Crippen LogP contribution is -2.23.